The Morgan fingerprint density at radius 1 is 0.933 bits per heavy atom. The summed E-state index contributed by atoms with van der Waals surface area (Å²) in [5, 5.41) is 2.72. The zero-order valence-electron chi connectivity index (χ0n) is 9.62. The summed E-state index contributed by atoms with van der Waals surface area (Å²) in [5.74, 6) is 0. The molecule has 2 aromatic rings. The molecular formula is C14H18N+. The average Bonchev–Trinajstić information content (AvgIpc) is 2.27. The number of hydrogen-bond donors (Lipinski definition) is 1. The molecule has 1 atom stereocenters. The van der Waals surface area contributed by atoms with E-state index in [1.165, 1.54) is 21.2 Å². The van der Waals surface area contributed by atoms with E-state index in [4.69, 9.17) is 0 Å². The molecule has 1 heteroatoms. The van der Waals surface area contributed by atoms with Crippen molar-refractivity contribution in [3.05, 3.63) is 48.0 Å². The third-order valence-corrected chi connectivity index (χ3v) is 3.16. The molecule has 0 heterocycles. The van der Waals surface area contributed by atoms with Crippen molar-refractivity contribution in [2.45, 2.75) is 13.0 Å². The fourth-order valence-corrected chi connectivity index (χ4v) is 1.94. The first-order chi connectivity index (χ1) is 7.20. The molecule has 1 N–H and O–H groups in total. The Balaban J connectivity index is 2.60. The zero-order chi connectivity index (χ0) is 10.8. The molecular weight excluding hydrogens is 182 g/mol. The molecule has 0 aliphatic carbocycles. The molecule has 0 fully saturated rings. The number of rotatable bonds is 2. The summed E-state index contributed by atoms with van der Waals surface area (Å²) in [5.41, 5.74) is 1.44. The van der Waals surface area contributed by atoms with Crippen molar-refractivity contribution >= 4 is 10.8 Å². The molecule has 0 radical (unpaired) electrons. The lowest BCUT2D eigenvalue weighted by molar-refractivity contribution is -0.889. The highest BCUT2D eigenvalue weighted by atomic mass is 15.1. The molecule has 0 bridgehead atoms. The van der Waals surface area contributed by atoms with E-state index in [0.717, 1.165) is 0 Å². The van der Waals surface area contributed by atoms with Crippen LogP contribution in [0.25, 0.3) is 10.8 Å². The van der Waals surface area contributed by atoms with Crippen molar-refractivity contribution in [1.82, 2.24) is 0 Å². The van der Waals surface area contributed by atoms with Gasteiger partial charge in [-0.1, -0.05) is 42.5 Å². The molecule has 0 aliphatic rings. The molecule has 2 rings (SSSR count). The maximum absolute atomic E-state index is 2.27. The van der Waals surface area contributed by atoms with Crippen molar-refractivity contribution in [3.63, 3.8) is 0 Å². The first-order valence-corrected chi connectivity index (χ1v) is 5.48. The predicted molar refractivity (Wildman–Crippen MR) is 65.2 cm³/mol. The predicted octanol–water partition coefficient (Wildman–Crippen LogP) is 2.05. The SMILES string of the molecule is CC(c1cccc2ccccc12)[NH+](C)C. The van der Waals surface area contributed by atoms with E-state index >= 15 is 0 Å². The van der Waals surface area contributed by atoms with Crippen LogP contribution in [0.1, 0.15) is 18.5 Å². The number of benzene rings is 2. The summed E-state index contributed by atoms with van der Waals surface area (Å²) in [7, 11) is 4.40. The van der Waals surface area contributed by atoms with Crippen LogP contribution in [0.4, 0.5) is 0 Å². The normalized spacial score (nSPS) is 13.3. The third kappa shape index (κ3) is 1.88. The highest BCUT2D eigenvalue weighted by Crippen LogP contribution is 2.22. The fraction of sp³-hybridized carbons (Fsp3) is 0.286. The van der Waals surface area contributed by atoms with E-state index in [-0.39, 0.29) is 0 Å². The van der Waals surface area contributed by atoms with Gasteiger partial charge in [-0.25, -0.2) is 0 Å². The lowest BCUT2D eigenvalue weighted by Gasteiger charge is -2.18. The van der Waals surface area contributed by atoms with E-state index in [0.29, 0.717) is 6.04 Å². The summed E-state index contributed by atoms with van der Waals surface area (Å²) < 4.78 is 0. The Bertz CT molecular complexity index is 454. The van der Waals surface area contributed by atoms with E-state index in [2.05, 4.69) is 63.5 Å². The lowest BCUT2D eigenvalue weighted by Crippen LogP contribution is -3.05. The van der Waals surface area contributed by atoms with Gasteiger partial charge in [0, 0.05) is 5.56 Å². The van der Waals surface area contributed by atoms with Gasteiger partial charge < -0.3 is 4.90 Å². The molecule has 0 amide bonds. The first kappa shape index (κ1) is 10.2. The number of quaternary nitrogens is 1. The van der Waals surface area contributed by atoms with Crippen molar-refractivity contribution in [3.8, 4) is 0 Å². The van der Waals surface area contributed by atoms with E-state index in [1.54, 1.807) is 0 Å². The quantitative estimate of drug-likeness (QED) is 0.756. The molecule has 0 aromatic heterocycles. The second kappa shape index (κ2) is 4.03. The van der Waals surface area contributed by atoms with Gasteiger partial charge in [0.05, 0.1) is 14.1 Å². The molecule has 0 spiro atoms. The van der Waals surface area contributed by atoms with Gasteiger partial charge >= 0.3 is 0 Å². The minimum Gasteiger partial charge on any atom is -0.334 e. The van der Waals surface area contributed by atoms with Gasteiger partial charge in [-0.05, 0) is 17.7 Å². The number of nitrogens with one attached hydrogen (secondary N) is 1. The van der Waals surface area contributed by atoms with Crippen molar-refractivity contribution < 1.29 is 4.90 Å². The molecule has 1 unspecified atom stereocenters. The van der Waals surface area contributed by atoms with E-state index < -0.39 is 0 Å². The topological polar surface area (TPSA) is 4.44 Å². The Morgan fingerprint density at radius 2 is 1.60 bits per heavy atom. The monoisotopic (exact) mass is 200 g/mol. The Morgan fingerprint density at radius 3 is 2.33 bits per heavy atom. The molecule has 0 saturated heterocycles. The van der Waals surface area contributed by atoms with Crippen molar-refractivity contribution in [2.75, 3.05) is 14.1 Å². The summed E-state index contributed by atoms with van der Waals surface area (Å²) in [6.07, 6.45) is 0. The molecule has 1 nitrogen and oxygen atoms in total. The van der Waals surface area contributed by atoms with Crippen LogP contribution in [0, 0.1) is 0 Å². The van der Waals surface area contributed by atoms with Gasteiger partial charge in [0.1, 0.15) is 6.04 Å². The lowest BCUT2D eigenvalue weighted by atomic mass is 9.99. The highest BCUT2D eigenvalue weighted by molar-refractivity contribution is 5.85. The average molecular weight is 200 g/mol. The highest BCUT2D eigenvalue weighted by Gasteiger charge is 2.13. The molecule has 0 aliphatic heterocycles. The maximum atomic E-state index is 2.27. The summed E-state index contributed by atoms with van der Waals surface area (Å²) >= 11 is 0. The summed E-state index contributed by atoms with van der Waals surface area (Å²) in [6, 6.07) is 15.7. The molecule has 0 saturated carbocycles. The van der Waals surface area contributed by atoms with Crippen molar-refractivity contribution in [1.29, 1.82) is 0 Å². The van der Waals surface area contributed by atoms with E-state index in [1.807, 2.05) is 0 Å². The molecule has 2 aromatic carbocycles. The van der Waals surface area contributed by atoms with Crippen LogP contribution in [0.5, 0.6) is 0 Å². The number of hydrogen-bond acceptors (Lipinski definition) is 0. The van der Waals surface area contributed by atoms with Gasteiger partial charge in [-0.3, -0.25) is 0 Å². The third-order valence-electron chi connectivity index (χ3n) is 3.16. The smallest absolute Gasteiger partial charge is 0.110 e. The second-order valence-electron chi connectivity index (χ2n) is 4.37. The van der Waals surface area contributed by atoms with Crippen molar-refractivity contribution in [2.24, 2.45) is 0 Å². The Kier molecular flexibility index (Phi) is 2.74. The summed E-state index contributed by atoms with van der Waals surface area (Å²) in [6.45, 7) is 2.27. The standard InChI is InChI=1S/C14H17N/c1-11(15(2)3)13-10-6-8-12-7-4-5-9-14(12)13/h4-11H,1-3H3/p+1. The molecule has 78 valence electrons. The Hall–Kier alpha value is -1.34. The van der Waals surface area contributed by atoms with Gasteiger partial charge in [-0.2, -0.15) is 0 Å². The second-order valence-corrected chi connectivity index (χ2v) is 4.37. The van der Waals surface area contributed by atoms with Crippen LogP contribution in [-0.2, 0) is 0 Å². The fourth-order valence-electron chi connectivity index (χ4n) is 1.94. The van der Waals surface area contributed by atoms with Crippen LogP contribution < -0.4 is 4.90 Å². The minimum absolute atomic E-state index is 0.538. The van der Waals surface area contributed by atoms with Gasteiger partial charge in [0.25, 0.3) is 0 Å². The zero-order valence-corrected chi connectivity index (χ0v) is 9.62. The summed E-state index contributed by atoms with van der Waals surface area (Å²) in [4.78, 5) is 1.46. The van der Waals surface area contributed by atoms with E-state index in [9.17, 15) is 0 Å². The maximum Gasteiger partial charge on any atom is 0.110 e. The van der Waals surface area contributed by atoms with Gasteiger partial charge in [-0.15, -0.1) is 0 Å². The van der Waals surface area contributed by atoms with Crippen LogP contribution in [0.15, 0.2) is 42.5 Å². The van der Waals surface area contributed by atoms with Crippen LogP contribution in [0.3, 0.4) is 0 Å². The van der Waals surface area contributed by atoms with Gasteiger partial charge in [0.2, 0.25) is 0 Å². The first-order valence-electron chi connectivity index (χ1n) is 5.48. The number of fused-ring (bicyclic) bond motifs is 1. The largest absolute Gasteiger partial charge is 0.334 e. The van der Waals surface area contributed by atoms with Crippen LogP contribution in [0.2, 0.25) is 0 Å². The minimum atomic E-state index is 0.538. The van der Waals surface area contributed by atoms with Crippen LogP contribution >= 0.6 is 0 Å². The van der Waals surface area contributed by atoms with Gasteiger partial charge in [0.15, 0.2) is 0 Å². The van der Waals surface area contributed by atoms with Crippen LogP contribution in [-0.4, -0.2) is 14.1 Å². The molecule has 15 heavy (non-hydrogen) atoms. The Labute approximate surface area is 91.3 Å².